The highest BCUT2D eigenvalue weighted by molar-refractivity contribution is 7.14. The van der Waals surface area contributed by atoms with Crippen molar-refractivity contribution in [2.24, 2.45) is 11.3 Å². The normalized spacial score (nSPS) is 23.5. The molecule has 3 rings (SSSR count). The van der Waals surface area contributed by atoms with E-state index in [1.807, 2.05) is 4.90 Å². The molecule has 0 saturated heterocycles. The topological polar surface area (TPSA) is 66.8 Å². The predicted molar refractivity (Wildman–Crippen MR) is 135 cm³/mol. The Balaban J connectivity index is 1.92. The quantitative estimate of drug-likeness (QED) is 0.424. The van der Waals surface area contributed by atoms with Crippen molar-refractivity contribution in [3.8, 4) is 0 Å². The lowest BCUT2D eigenvalue weighted by atomic mass is 9.73. The third-order valence-corrected chi connectivity index (χ3v) is 8.84. The summed E-state index contributed by atoms with van der Waals surface area (Å²) in [6.07, 6.45) is 9.57. The van der Waals surface area contributed by atoms with E-state index in [4.69, 9.17) is 4.74 Å². The number of thiophene rings is 1. The first-order chi connectivity index (χ1) is 15.6. The summed E-state index contributed by atoms with van der Waals surface area (Å²) in [5.74, 6) is 0.737. The van der Waals surface area contributed by atoms with Crippen LogP contribution >= 0.6 is 11.3 Å². The van der Waals surface area contributed by atoms with Crippen LogP contribution in [0, 0.1) is 11.3 Å². The molecule has 0 unspecified atom stereocenters. The molecule has 2 fully saturated rings. The van der Waals surface area contributed by atoms with Gasteiger partial charge in [-0.15, -0.1) is 11.3 Å². The highest BCUT2D eigenvalue weighted by atomic mass is 32.1. The average molecular weight is 478 g/mol. The summed E-state index contributed by atoms with van der Waals surface area (Å²) >= 11 is 1.52. The number of aliphatic hydroxyl groups excluding tert-OH is 1. The van der Waals surface area contributed by atoms with Crippen molar-refractivity contribution >= 4 is 28.9 Å². The Morgan fingerprint density at radius 2 is 1.79 bits per heavy atom. The maximum absolute atomic E-state index is 13.6. The molecule has 0 aliphatic heterocycles. The molecular formula is C27H43NO4S. The fraction of sp³-hybridized carbons (Fsp3) is 0.778. The molecule has 1 amide bonds. The first-order valence-corrected chi connectivity index (χ1v) is 13.6. The second kappa shape index (κ2) is 11.4. The van der Waals surface area contributed by atoms with Gasteiger partial charge in [0.05, 0.1) is 18.9 Å². The van der Waals surface area contributed by atoms with Crippen LogP contribution < -0.4 is 4.90 Å². The number of ether oxygens (including phenoxy) is 1. The SMILES string of the molecule is COC(=O)c1sc(C2CCC(C)(C)CC2)cc1N(C(=O)CCCC(C)C)C1CCC(O)CC1. The minimum atomic E-state index is -0.354. The highest BCUT2D eigenvalue weighted by Crippen LogP contribution is 2.47. The number of methoxy groups -OCH3 is 1. The van der Waals surface area contributed by atoms with Gasteiger partial charge in [-0.25, -0.2) is 4.79 Å². The van der Waals surface area contributed by atoms with Gasteiger partial charge in [-0.2, -0.15) is 0 Å². The van der Waals surface area contributed by atoms with Crippen LogP contribution in [0.4, 0.5) is 5.69 Å². The average Bonchev–Trinajstić information content (AvgIpc) is 3.19. The Morgan fingerprint density at radius 1 is 1.15 bits per heavy atom. The fourth-order valence-electron chi connectivity index (χ4n) is 5.34. The number of aliphatic hydroxyl groups is 1. The smallest absolute Gasteiger partial charge is 0.350 e. The third-order valence-electron chi connectivity index (χ3n) is 7.58. The zero-order chi connectivity index (χ0) is 24.2. The number of nitrogens with zero attached hydrogens (tertiary/aromatic N) is 1. The molecule has 0 radical (unpaired) electrons. The minimum Gasteiger partial charge on any atom is -0.465 e. The van der Waals surface area contributed by atoms with Gasteiger partial charge in [0.15, 0.2) is 0 Å². The maximum atomic E-state index is 13.6. The van der Waals surface area contributed by atoms with E-state index in [1.165, 1.54) is 36.2 Å². The summed E-state index contributed by atoms with van der Waals surface area (Å²) in [5.41, 5.74) is 1.12. The van der Waals surface area contributed by atoms with Crippen molar-refractivity contribution in [2.45, 2.75) is 116 Å². The second-order valence-electron chi connectivity index (χ2n) is 11.3. The zero-order valence-electron chi connectivity index (χ0n) is 21.2. The molecule has 0 spiro atoms. The lowest BCUT2D eigenvalue weighted by molar-refractivity contribution is -0.119. The van der Waals surface area contributed by atoms with Crippen LogP contribution in [0.25, 0.3) is 0 Å². The molecule has 0 atom stereocenters. The monoisotopic (exact) mass is 477 g/mol. The van der Waals surface area contributed by atoms with Gasteiger partial charge in [-0.05, 0) is 81.1 Å². The van der Waals surface area contributed by atoms with Crippen LogP contribution in [-0.4, -0.2) is 36.2 Å². The number of carbonyl (C=O) groups is 2. The highest BCUT2D eigenvalue weighted by Gasteiger charge is 2.35. The van der Waals surface area contributed by atoms with Crippen molar-refractivity contribution in [3.05, 3.63) is 15.8 Å². The van der Waals surface area contributed by atoms with Gasteiger partial charge in [-0.1, -0.05) is 34.1 Å². The van der Waals surface area contributed by atoms with Crippen molar-refractivity contribution in [1.82, 2.24) is 0 Å². The van der Waals surface area contributed by atoms with E-state index >= 15 is 0 Å². The van der Waals surface area contributed by atoms with E-state index in [0.717, 1.165) is 44.2 Å². The molecule has 2 aliphatic rings. The fourth-order valence-corrected chi connectivity index (χ4v) is 6.57. The Hall–Kier alpha value is -1.40. The Kier molecular flexibility index (Phi) is 9.02. The summed E-state index contributed by atoms with van der Waals surface area (Å²) in [5, 5.41) is 10.0. The molecule has 186 valence electrons. The first kappa shape index (κ1) is 26.2. The van der Waals surface area contributed by atoms with E-state index in [-0.39, 0.29) is 24.0 Å². The number of anilines is 1. The number of amides is 1. The molecule has 33 heavy (non-hydrogen) atoms. The van der Waals surface area contributed by atoms with Crippen LogP contribution in [0.5, 0.6) is 0 Å². The minimum absolute atomic E-state index is 0.0242. The van der Waals surface area contributed by atoms with Crippen molar-refractivity contribution in [2.75, 3.05) is 12.0 Å². The van der Waals surface area contributed by atoms with Crippen LogP contribution in [0.3, 0.4) is 0 Å². The predicted octanol–water partition coefficient (Wildman–Crippen LogP) is 6.68. The van der Waals surface area contributed by atoms with Crippen LogP contribution in [0.15, 0.2) is 6.07 Å². The summed E-state index contributed by atoms with van der Waals surface area (Å²) in [6.45, 7) is 9.02. The molecule has 1 aromatic heterocycles. The van der Waals surface area contributed by atoms with Gasteiger partial charge in [0, 0.05) is 17.3 Å². The van der Waals surface area contributed by atoms with Gasteiger partial charge in [0.2, 0.25) is 5.91 Å². The molecule has 2 aliphatic carbocycles. The molecule has 5 nitrogen and oxygen atoms in total. The number of rotatable bonds is 8. The lowest BCUT2D eigenvalue weighted by Crippen LogP contribution is -2.43. The first-order valence-electron chi connectivity index (χ1n) is 12.8. The third kappa shape index (κ3) is 6.82. The summed E-state index contributed by atoms with van der Waals surface area (Å²) in [4.78, 5) is 30.0. The zero-order valence-corrected chi connectivity index (χ0v) is 22.0. The van der Waals surface area contributed by atoms with Crippen molar-refractivity contribution in [3.63, 3.8) is 0 Å². The Bertz CT molecular complexity index is 797. The van der Waals surface area contributed by atoms with Crippen molar-refractivity contribution in [1.29, 1.82) is 0 Å². The number of hydrogen-bond donors (Lipinski definition) is 1. The largest absolute Gasteiger partial charge is 0.465 e. The van der Waals surface area contributed by atoms with Crippen molar-refractivity contribution < 1.29 is 19.4 Å². The number of esters is 1. The second-order valence-corrected chi connectivity index (χ2v) is 12.4. The van der Waals surface area contributed by atoms with Gasteiger partial charge in [0.1, 0.15) is 4.88 Å². The van der Waals surface area contributed by atoms with E-state index < -0.39 is 0 Å². The van der Waals surface area contributed by atoms with Gasteiger partial charge >= 0.3 is 5.97 Å². The maximum Gasteiger partial charge on any atom is 0.350 e. The molecular weight excluding hydrogens is 434 g/mol. The lowest BCUT2D eigenvalue weighted by Gasteiger charge is -2.36. The summed E-state index contributed by atoms with van der Waals surface area (Å²) < 4.78 is 5.15. The summed E-state index contributed by atoms with van der Waals surface area (Å²) in [7, 11) is 1.42. The molecule has 0 aromatic carbocycles. The Labute approximate surface area is 203 Å². The molecule has 1 aromatic rings. The van der Waals surface area contributed by atoms with Crippen LogP contribution in [0.1, 0.15) is 119 Å². The van der Waals surface area contributed by atoms with Gasteiger partial charge in [0.25, 0.3) is 0 Å². The van der Waals surface area contributed by atoms with Crippen LogP contribution in [-0.2, 0) is 9.53 Å². The van der Waals surface area contributed by atoms with Gasteiger partial charge < -0.3 is 14.7 Å². The van der Waals surface area contributed by atoms with E-state index in [0.29, 0.717) is 41.4 Å². The number of hydrogen-bond acceptors (Lipinski definition) is 5. The molecule has 2 saturated carbocycles. The molecule has 1 N–H and O–H groups in total. The Morgan fingerprint density at radius 3 is 2.36 bits per heavy atom. The van der Waals surface area contributed by atoms with E-state index in [1.54, 1.807) is 0 Å². The molecule has 6 heteroatoms. The summed E-state index contributed by atoms with van der Waals surface area (Å²) in [6, 6.07) is 2.14. The number of carbonyl (C=O) groups excluding carboxylic acids is 2. The van der Waals surface area contributed by atoms with E-state index in [9.17, 15) is 14.7 Å². The standard InChI is InChI=1S/C27H43NO4S/c1-18(2)7-6-8-24(30)28(20-9-11-21(29)12-10-20)22-17-23(33-25(22)26(31)32-5)19-13-15-27(3,4)16-14-19/h17-21,29H,6-16H2,1-5H3. The molecule has 1 heterocycles. The van der Waals surface area contributed by atoms with Gasteiger partial charge in [-0.3, -0.25) is 4.79 Å². The van der Waals surface area contributed by atoms with Crippen LogP contribution in [0.2, 0.25) is 0 Å². The van der Waals surface area contributed by atoms with E-state index in [2.05, 4.69) is 33.8 Å². The molecule has 0 bridgehead atoms.